The standard InChI is InChI=1S/C30H26N2O6S/c1-4-37-21-9-10-22-24(15-21)39-30(31-22)32-26(17-6-5-7-20(14-17)36-3)25(28(34)29(32)35)27(33)18-8-11-23-19(13-18)12-16(2)38-23/h5-11,13-16,26,33H,4,12H2,1-3H3/b27-25+/t16-,26+/m0/s1. The number of hydrogen-bond acceptors (Lipinski definition) is 8. The monoisotopic (exact) mass is 542 g/mol. The molecule has 198 valence electrons. The van der Waals surface area contributed by atoms with E-state index in [-0.39, 0.29) is 17.4 Å². The molecule has 1 amide bonds. The van der Waals surface area contributed by atoms with Crippen molar-refractivity contribution < 1.29 is 28.9 Å². The molecule has 0 bridgehead atoms. The number of carbonyl (C=O) groups excluding carboxylic acids is 2. The maximum atomic E-state index is 13.6. The summed E-state index contributed by atoms with van der Waals surface area (Å²) >= 11 is 1.28. The zero-order valence-corrected chi connectivity index (χ0v) is 22.5. The van der Waals surface area contributed by atoms with Gasteiger partial charge < -0.3 is 19.3 Å². The van der Waals surface area contributed by atoms with Crippen LogP contribution in [0.2, 0.25) is 0 Å². The van der Waals surface area contributed by atoms with E-state index in [4.69, 9.17) is 14.2 Å². The maximum Gasteiger partial charge on any atom is 0.301 e. The summed E-state index contributed by atoms with van der Waals surface area (Å²) in [5, 5.41) is 11.9. The van der Waals surface area contributed by atoms with Gasteiger partial charge in [0.05, 0.1) is 35.5 Å². The van der Waals surface area contributed by atoms with Crippen molar-refractivity contribution in [1.29, 1.82) is 0 Å². The number of hydrogen-bond donors (Lipinski definition) is 1. The van der Waals surface area contributed by atoms with Crippen LogP contribution in [0, 0.1) is 0 Å². The predicted octanol–water partition coefficient (Wildman–Crippen LogP) is 5.65. The molecule has 1 aromatic heterocycles. The first-order valence-electron chi connectivity index (χ1n) is 12.7. The van der Waals surface area contributed by atoms with Crippen LogP contribution >= 0.6 is 11.3 Å². The number of fused-ring (bicyclic) bond motifs is 2. The molecule has 2 aliphatic heterocycles. The fourth-order valence-electron chi connectivity index (χ4n) is 5.13. The average molecular weight is 543 g/mol. The molecular weight excluding hydrogens is 516 g/mol. The molecule has 39 heavy (non-hydrogen) atoms. The first kappa shape index (κ1) is 24.9. The van der Waals surface area contributed by atoms with E-state index in [9.17, 15) is 14.7 Å². The maximum absolute atomic E-state index is 13.6. The molecule has 0 unspecified atom stereocenters. The van der Waals surface area contributed by atoms with Gasteiger partial charge in [-0.15, -0.1) is 0 Å². The third-order valence-corrected chi connectivity index (χ3v) is 7.91. The summed E-state index contributed by atoms with van der Waals surface area (Å²) < 4.78 is 17.7. The molecule has 4 aromatic rings. The molecule has 1 fully saturated rings. The van der Waals surface area contributed by atoms with E-state index in [0.29, 0.717) is 46.3 Å². The Balaban J connectivity index is 1.52. The zero-order valence-electron chi connectivity index (χ0n) is 21.6. The van der Waals surface area contributed by atoms with Crippen molar-refractivity contribution in [2.24, 2.45) is 0 Å². The Labute approximate surface area is 229 Å². The molecule has 0 saturated carbocycles. The molecular formula is C30H26N2O6S. The minimum Gasteiger partial charge on any atom is -0.507 e. The molecule has 0 aliphatic carbocycles. The fourth-order valence-corrected chi connectivity index (χ4v) is 6.15. The summed E-state index contributed by atoms with van der Waals surface area (Å²) in [5.74, 6) is 0.232. The first-order chi connectivity index (χ1) is 18.9. The van der Waals surface area contributed by atoms with Crippen LogP contribution in [-0.2, 0) is 16.0 Å². The number of amides is 1. The van der Waals surface area contributed by atoms with Gasteiger partial charge in [-0.2, -0.15) is 0 Å². The average Bonchev–Trinajstić information content (AvgIpc) is 3.60. The van der Waals surface area contributed by atoms with Crippen molar-refractivity contribution in [2.75, 3.05) is 18.6 Å². The van der Waals surface area contributed by atoms with Crippen molar-refractivity contribution in [3.8, 4) is 17.2 Å². The van der Waals surface area contributed by atoms with Gasteiger partial charge in [-0.05, 0) is 73.5 Å². The van der Waals surface area contributed by atoms with Crippen molar-refractivity contribution in [3.05, 3.63) is 82.9 Å². The van der Waals surface area contributed by atoms with E-state index in [1.54, 1.807) is 43.5 Å². The van der Waals surface area contributed by atoms with Crippen LogP contribution in [0.5, 0.6) is 17.2 Å². The number of Topliss-reactive ketones (excluding diaryl/α,β-unsaturated/α-hetero) is 1. The van der Waals surface area contributed by atoms with E-state index in [1.807, 2.05) is 38.1 Å². The van der Waals surface area contributed by atoms with Gasteiger partial charge in [0.1, 0.15) is 29.1 Å². The number of thiazole rings is 1. The molecule has 2 atom stereocenters. The van der Waals surface area contributed by atoms with Crippen molar-refractivity contribution in [2.45, 2.75) is 32.4 Å². The smallest absolute Gasteiger partial charge is 0.301 e. The Morgan fingerprint density at radius 1 is 1.13 bits per heavy atom. The van der Waals surface area contributed by atoms with Crippen molar-refractivity contribution >= 4 is 44.1 Å². The normalized spacial score (nSPS) is 19.8. The lowest BCUT2D eigenvalue weighted by atomic mass is 9.94. The lowest BCUT2D eigenvalue weighted by Crippen LogP contribution is -2.29. The van der Waals surface area contributed by atoms with Crippen LogP contribution in [0.25, 0.3) is 16.0 Å². The summed E-state index contributed by atoms with van der Waals surface area (Å²) in [4.78, 5) is 33.2. The van der Waals surface area contributed by atoms with E-state index >= 15 is 0 Å². The van der Waals surface area contributed by atoms with Crippen LogP contribution in [0.15, 0.2) is 66.2 Å². The highest BCUT2D eigenvalue weighted by atomic mass is 32.1. The van der Waals surface area contributed by atoms with Crippen LogP contribution in [0.4, 0.5) is 5.13 Å². The Morgan fingerprint density at radius 2 is 1.97 bits per heavy atom. The minimum absolute atomic E-state index is 0.00516. The van der Waals surface area contributed by atoms with E-state index in [2.05, 4.69) is 4.98 Å². The highest BCUT2D eigenvalue weighted by Crippen LogP contribution is 2.45. The molecule has 6 rings (SSSR count). The number of methoxy groups -OCH3 is 1. The van der Waals surface area contributed by atoms with Crippen molar-refractivity contribution in [3.63, 3.8) is 0 Å². The quantitative estimate of drug-likeness (QED) is 0.191. The number of aliphatic hydroxyl groups is 1. The van der Waals surface area contributed by atoms with E-state index in [0.717, 1.165) is 16.0 Å². The van der Waals surface area contributed by atoms with Crippen LogP contribution in [0.1, 0.15) is 36.6 Å². The molecule has 1 saturated heterocycles. The minimum atomic E-state index is -0.907. The van der Waals surface area contributed by atoms with E-state index in [1.165, 1.54) is 16.2 Å². The summed E-state index contributed by atoms with van der Waals surface area (Å²) in [6, 6.07) is 17.0. The second kappa shape index (κ2) is 9.74. The predicted molar refractivity (Wildman–Crippen MR) is 149 cm³/mol. The number of aliphatic hydroxyl groups excluding tert-OH is 1. The fraction of sp³-hybridized carbons (Fsp3) is 0.233. The second-order valence-electron chi connectivity index (χ2n) is 9.46. The Kier molecular flexibility index (Phi) is 6.23. The lowest BCUT2D eigenvalue weighted by Gasteiger charge is -2.23. The molecule has 9 heteroatoms. The number of carbonyl (C=O) groups is 2. The van der Waals surface area contributed by atoms with Gasteiger partial charge >= 0.3 is 5.91 Å². The van der Waals surface area contributed by atoms with E-state index < -0.39 is 17.7 Å². The third kappa shape index (κ3) is 4.28. The number of ketones is 1. The second-order valence-corrected chi connectivity index (χ2v) is 10.5. The summed E-state index contributed by atoms with van der Waals surface area (Å²) in [7, 11) is 1.55. The number of rotatable bonds is 6. The number of anilines is 1. The lowest BCUT2D eigenvalue weighted by molar-refractivity contribution is -0.132. The molecule has 0 spiro atoms. The summed E-state index contributed by atoms with van der Waals surface area (Å²) in [6.07, 6.45) is 0.724. The first-order valence-corrected chi connectivity index (χ1v) is 13.5. The molecule has 2 aliphatic rings. The SMILES string of the molecule is CCOc1ccc2nc(N3C(=O)C(=O)/C(=C(/O)c4ccc5c(c4)C[C@H](C)O5)[C@H]3c3cccc(OC)c3)sc2c1. The highest BCUT2D eigenvalue weighted by molar-refractivity contribution is 7.22. The number of benzene rings is 3. The number of ether oxygens (including phenoxy) is 3. The zero-order chi connectivity index (χ0) is 27.3. The van der Waals surface area contributed by atoms with Gasteiger partial charge in [-0.3, -0.25) is 14.5 Å². The molecule has 3 aromatic carbocycles. The van der Waals surface area contributed by atoms with Crippen LogP contribution in [-0.4, -0.2) is 41.6 Å². The third-order valence-electron chi connectivity index (χ3n) is 6.89. The van der Waals surface area contributed by atoms with Gasteiger partial charge in [0, 0.05) is 12.0 Å². The van der Waals surface area contributed by atoms with Gasteiger partial charge in [-0.1, -0.05) is 23.5 Å². The largest absolute Gasteiger partial charge is 0.507 e. The number of nitrogens with zero attached hydrogens (tertiary/aromatic N) is 2. The summed E-state index contributed by atoms with van der Waals surface area (Å²) in [5.41, 5.74) is 2.67. The van der Waals surface area contributed by atoms with Crippen LogP contribution < -0.4 is 19.1 Å². The molecule has 8 nitrogen and oxygen atoms in total. The van der Waals surface area contributed by atoms with Gasteiger partial charge in [0.15, 0.2) is 5.13 Å². The highest BCUT2D eigenvalue weighted by Gasteiger charge is 2.48. The Hall–Kier alpha value is -4.37. The Bertz CT molecular complexity index is 1660. The summed E-state index contributed by atoms with van der Waals surface area (Å²) in [6.45, 7) is 4.41. The topological polar surface area (TPSA) is 98.2 Å². The Morgan fingerprint density at radius 3 is 2.77 bits per heavy atom. The van der Waals surface area contributed by atoms with Gasteiger partial charge in [-0.25, -0.2) is 4.98 Å². The van der Waals surface area contributed by atoms with Gasteiger partial charge in [0.25, 0.3) is 5.78 Å². The number of aromatic nitrogens is 1. The van der Waals surface area contributed by atoms with Gasteiger partial charge in [0.2, 0.25) is 0 Å². The molecule has 0 radical (unpaired) electrons. The van der Waals surface area contributed by atoms with Crippen LogP contribution in [0.3, 0.4) is 0 Å². The molecule has 1 N–H and O–H groups in total. The van der Waals surface area contributed by atoms with Crippen molar-refractivity contribution in [1.82, 2.24) is 4.98 Å². The molecule has 3 heterocycles.